The fraction of sp³-hybridized carbons (Fsp3) is 0.375. The van der Waals surface area contributed by atoms with Crippen LogP contribution < -0.4 is 92.3 Å². The second-order valence-corrected chi connectivity index (χ2v) is 14.0. The van der Waals surface area contributed by atoms with Crippen LogP contribution in [0.15, 0.2) is 71.9 Å². The fourth-order valence-corrected chi connectivity index (χ4v) is 5.74. The summed E-state index contributed by atoms with van der Waals surface area (Å²) in [5.41, 5.74) is 47.0. The summed E-state index contributed by atoms with van der Waals surface area (Å²) in [6.45, 7) is 0.208. The van der Waals surface area contributed by atoms with Crippen molar-refractivity contribution in [1.82, 2.24) is 26.5 Å². The highest BCUT2D eigenvalue weighted by atomic mass is 16.7. The number of nitrogens with one attached hydrogen (secondary N) is 4. The van der Waals surface area contributed by atoms with Crippen LogP contribution in [0.2, 0.25) is 0 Å². The van der Waals surface area contributed by atoms with E-state index < -0.39 is 23.7 Å². The molecule has 64 heavy (non-hydrogen) atoms. The minimum Gasteiger partial charge on any atom is -0.487 e. The molecule has 0 aliphatic carbocycles. The number of hydroxylamine groups is 2. The first-order chi connectivity index (χ1) is 30.7. The zero-order valence-corrected chi connectivity index (χ0v) is 35.5. The van der Waals surface area contributed by atoms with Crippen molar-refractivity contribution in [3.63, 3.8) is 0 Å². The number of benzene rings is 2. The van der Waals surface area contributed by atoms with Gasteiger partial charge in [-0.15, -0.1) is 5.06 Å². The Bertz CT molecular complexity index is 2060. The second kappa shape index (κ2) is 26.7. The Kier molecular flexibility index (Phi) is 21.2. The van der Waals surface area contributed by atoms with Gasteiger partial charge in [0.05, 0.1) is 28.4 Å². The molecule has 0 spiro atoms. The van der Waals surface area contributed by atoms with Gasteiger partial charge in [0.15, 0.2) is 0 Å². The average molecular weight is 897 g/mol. The molecule has 22 N–H and O–H groups in total. The molecule has 0 saturated carbocycles. The van der Waals surface area contributed by atoms with Crippen molar-refractivity contribution in [3.05, 3.63) is 94.1 Å². The molecule has 1 aliphatic rings. The first kappa shape index (κ1) is 50.8. The SMILES string of the molecule is N/C=C(\N)COc1cc(C(=O)NCCCc2c(OC/C(N)=C/N)cc(C(=O)ON3C(=O)CCC3=O)cc2OC/C(N)=C/NN)cc(OC/C(N)=C/NN)c1CCCNC(=O)CCCN. The zero-order chi connectivity index (χ0) is 47.0. The summed E-state index contributed by atoms with van der Waals surface area (Å²) in [7, 11) is 0. The molecule has 1 fully saturated rings. The van der Waals surface area contributed by atoms with Crippen molar-refractivity contribution in [3.8, 4) is 23.0 Å². The molecule has 0 radical (unpaired) electrons. The molecule has 0 unspecified atom stereocenters. The minimum atomic E-state index is -1.05. The Hall–Kier alpha value is -7.57. The predicted molar refractivity (Wildman–Crippen MR) is 234 cm³/mol. The van der Waals surface area contributed by atoms with Crippen molar-refractivity contribution in [2.75, 3.05) is 46.1 Å². The number of ether oxygens (including phenoxy) is 4. The molecule has 24 heteroatoms. The van der Waals surface area contributed by atoms with Gasteiger partial charge < -0.3 is 85.4 Å². The Balaban J connectivity index is 1.94. The normalized spacial score (nSPS) is 13.3. The van der Waals surface area contributed by atoms with E-state index in [1.54, 1.807) is 0 Å². The summed E-state index contributed by atoms with van der Waals surface area (Å²) in [6, 6.07) is 5.73. The molecular formula is C40H60N14O10. The molecule has 2 aromatic carbocycles. The summed E-state index contributed by atoms with van der Waals surface area (Å²) < 4.78 is 24.1. The Morgan fingerprint density at radius 1 is 0.625 bits per heavy atom. The Morgan fingerprint density at radius 3 is 1.47 bits per heavy atom. The second-order valence-electron chi connectivity index (χ2n) is 14.0. The molecule has 1 heterocycles. The molecule has 1 saturated heterocycles. The summed E-state index contributed by atoms with van der Waals surface area (Å²) in [6.07, 6.45) is 6.90. The van der Waals surface area contributed by atoms with Crippen LogP contribution >= 0.6 is 0 Å². The highest BCUT2D eigenvalue weighted by Gasteiger charge is 2.33. The number of carbonyl (C=O) groups is 5. The third-order valence-corrected chi connectivity index (χ3v) is 8.98. The summed E-state index contributed by atoms with van der Waals surface area (Å²) in [5, 5.41) is 6.15. The van der Waals surface area contributed by atoms with Gasteiger partial charge in [-0.05, 0) is 62.9 Å². The number of rotatable bonds is 28. The monoisotopic (exact) mass is 896 g/mol. The van der Waals surface area contributed by atoms with E-state index in [0.29, 0.717) is 55.0 Å². The molecular weight excluding hydrogens is 837 g/mol. The molecule has 0 bridgehead atoms. The lowest BCUT2D eigenvalue weighted by Gasteiger charge is -2.20. The predicted octanol–water partition coefficient (Wildman–Crippen LogP) is -2.38. The largest absolute Gasteiger partial charge is 0.487 e. The lowest BCUT2D eigenvalue weighted by atomic mass is 10.0. The number of amides is 4. The number of hydrogen-bond acceptors (Lipinski definition) is 21. The third-order valence-electron chi connectivity index (χ3n) is 8.98. The highest BCUT2D eigenvalue weighted by Crippen LogP contribution is 2.35. The lowest BCUT2D eigenvalue weighted by molar-refractivity contribution is -0.172. The smallest absolute Gasteiger partial charge is 0.364 e. The quantitative estimate of drug-likeness (QED) is 0.0183. The number of carbonyl (C=O) groups excluding carboxylic acids is 5. The van der Waals surface area contributed by atoms with Gasteiger partial charge in [-0.2, -0.15) is 0 Å². The van der Waals surface area contributed by atoms with Gasteiger partial charge in [-0.3, -0.25) is 30.9 Å². The van der Waals surface area contributed by atoms with Gasteiger partial charge in [-0.1, -0.05) is 0 Å². The van der Waals surface area contributed by atoms with Crippen LogP contribution in [-0.4, -0.2) is 80.7 Å². The van der Waals surface area contributed by atoms with E-state index in [1.807, 2.05) is 0 Å². The van der Waals surface area contributed by atoms with Gasteiger partial charge in [0.1, 0.15) is 49.4 Å². The number of imide groups is 1. The van der Waals surface area contributed by atoms with Gasteiger partial charge in [0.25, 0.3) is 17.7 Å². The van der Waals surface area contributed by atoms with Gasteiger partial charge in [-0.25, -0.2) is 4.79 Å². The maximum Gasteiger partial charge on any atom is 0.364 e. The standard InChI is InChI=1S/C40H60N14O10/c41-9-1-6-36(55)50-10-2-4-30-32(60-20-26(44)16-42)12-24(13-33(30)62-22-28(46)18-52-48)39(58)51-11-3-5-31-34(61-21-27(45)17-43)14-25(15-35(31)63-23-29(47)19-53-49)40(59)64-54-37(56)7-8-38(54)57/h12-19,52-53H,1-11,20-23,41-49H2,(H,50,55)(H,51,58)/b26-16-,27-17-,28-18-,29-19-. The van der Waals surface area contributed by atoms with Crippen LogP contribution in [0.1, 0.15) is 70.4 Å². The molecule has 1 aliphatic heterocycles. The van der Waals surface area contributed by atoms with Crippen molar-refractivity contribution in [1.29, 1.82) is 0 Å². The van der Waals surface area contributed by atoms with Crippen molar-refractivity contribution >= 4 is 29.6 Å². The van der Waals surface area contributed by atoms with Crippen molar-refractivity contribution in [2.45, 2.75) is 51.4 Å². The van der Waals surface area contributed by atoms with Gasteiger partial charge in [0.2, 0.25) is 5.91 Å². The summed E-state index contributed by atoms with van der Waals surface area (Å²) in [5.74, 6) is 8.47. The molecule has 4 amide bonds. The van der Waals surface area contributed by atoms with Crippen LogP contribution in [0, 0.1) is 0 Å². The van der Waals surface area contributed by atoms with Crippen LogP contribution in [0.5, 0.6) is 23.0 Å². The van der Waals surface area contributed by atoms with E-state index in [2.05, 4.69) is 21.5 Å². The first-order valence-corrected chi connectivity index (χ1v) is 20.1. The van der Waals surface area contributed by atoms with E-state index >= 15 is 0 Å². The number of hydrogen-bond donors (Lipinski definition) is 13. The Morgan fingerprint density at radius 2 is 1.05 bits per heavy atom. The van der Waals surface area contributed by atoms with Crippen LogP contribution in [0.4, 0.5) is 0 Å². The molecule has 2 aromatic rings. The maximum absolute atomic E-state index is 13.8. The molecule has 3 rings (SSSR count). The summed E-state index contributed by atoms with van der Waals surface area (Å²) in [4.78, 5) is 68.8. The van der Waals surface area contributed by atoms with E-state index in [1.165, 1.54) is 42.9 Å². The van der Waals surface area contributed by atoms with E-state index in [9.17, 15) is 24.0 Å². The molecule has 0 aromatic heterocycles. The van der Waals surface area contributed by atoms with Crippen molar-refractivity contribution < 1.29 is 47.8 Å². The van der Waals surface area contributed by atoms with Crippen LogP contribution in [0.25, 0.3) is 0 Å². The Labute approximate surface area is 369 Å². The maximum atomic E-state index is 13.8. The molecule has 0 atom stereocenters. The van der Waals surface area contributed by atoms with E-state index in [-0.39, 0.29) is 121 Å². The van der Waals surface area contributed by atoms with Crippen molar-refractivity contribution in [2.24, 2.45) is 51.8 Å². The van der Waals surface area contributed by atoms with E-state index in [4.69, 9.17) is 75.6 Å². The van der Waals surface area contributed by atoms with Crippen LogP contribution in [-0.2, 0) is 32.1 Å². The third kappa shape index (κ3) is 16.4. The zero-order valence-electron chi connectivity index (χ0n) is 35.5. The number of hydrazine groups is 2. The highest BCUT2D eigenvalue weighted by molar-refractivity contribution is 6.03. The van der Waals surface area contributed by atoms with Gasteiger partial charge in [0, 0.05) is 73.8 Å². The number of nitrogens with zero attached hydrogens (tertiary/aromatic N) is 1. The lowest BCUT2D eigenvalue weighted by Crippen LogP contribution is -2.32. The summed E-state index contributed by atoms with van der Waals surface area (Å²) >= 11 is 0. The molecule has 350 valence electrons. The number of nitrogens with two attached hydrogens (primary N) is 9. The first-order valence-electron chi connectivity index (χ1n) is 20.1. The fourth-order valence-electron chi connectivity index (χ4n) is 5.74. The van der Waals surface area contributed by atoms with Crippen LogP contribution in [0.3, 0.4) is 0 Å². The topological polar surface area (TPSA) is 417 Å². The molecule has 24 nitrogen and oxygen atoms in total. The van der Waals surface area contributed by atoms with E-state index in [0.717, 1.165) is 6.20 Å². The minimum absolute atomic E-state index is 0.101. The average Bonchev–Trinajstić information content (AvgIpc) is 3.60. The van der Waals surface area contributed by atoms with Gasteiger partial charge >= 0.3 is 5.97 Å².